The third-order valence-corrected chi connectivity index (χ3v) is 5.06. The van der Waals surface area contributed by atoms with Gasteiger partial charge in [-0.25, -0.2) is 0 Å². The molecule has 0 bridgehead atoms. The zero-order valence-electron chi connectivity index (χ0n) is 12.8. The van der Waals surface area contributed by atoms with E-state index in [1.54, 1.807) is 11.8 Å². The largest absolute Gasteiger partial charge is 0.325 e. The van der Waals surface area contributed by atoms with Gasteiger partial charge in [0.1, 0.15) is 0 Å². The van der Waals surface area contributed by atoms with Crippen molar-refractivity contribution < 1.29 is 4.79 Å². The van der Waals surface area contributed by atoms with Crippen molar-refractivity contribution in [1.82, 2.24) is 0 Å². The van der Waals surface area contributed by atoms with Gasteiger partial charge in [0.05, 0.1) is 5.75 Å². The van der Waals surface area contributed by atoms with Crippen LogP contribution < -0.4 is 5.32 Å². The lowest BCUT2D eigenvalue weighted by molar-refractivity contribution is -0.113. The van der Waals surface area contributed by atoms with Gasteiger partial charge in [0.25, 0.3) is 0 Å². The minimum absolute atomic E-state index is 0.0464. The Morgan fingerprint density at radius 3 is 2.55 bits per heavy atom. The molecule has 0 heterocycles. The number of thioether (sulfide) groups is 1. The van der Waals surface area contributed by atoms with Gasteiger partial charge in [0, 0.05) is 15.9 Å². The Morgan fingerprint density at radius 1 is 1.14 bits per heavy atom. The molecule has 2 nitrogen and oxygen atoms in total. The molecule has 0 aliphatic heterocycles. The third-order valence-electron chi connectivity index (χ3n) is 3.31. The highest BCUT2D eigenvalue weighted by Crippen LogP contribution is 2.24. The number of hydrogen-bond acceptors (Lipinski definition) is 2. The van der Waals surface area contributed by atoms with Crippen molar-refractivity contribution in [3.8, 4) is 0 Å². The van der Waals surface area contributed by atoms with E-state index in [0.717, 1.165) is 15.9 Å². The van der Waals surface area contributed by atoms with Gasteiger partial charge in [-0.3, -0.25) is 4.79 Å². The first-order valence-corrected chi connectivity index (χ1v) is 9.22. The first-order chi connectivity index (χ1) is 10.6. The minimum atomic E-state index is 0.0464. The number of rotatable bonds is 6. The Balaban J connectivity index is 1.88. The summed E-state index contributed by atoms with van der Waals surface area (Å²) >= 11 is 5.15. The summed E-state index contributed by atoms with van der Waals surface area (Å²) in [4.78, 5) is 12.1. The number of para-hydroxylation sites is 1. The van der Waals surface area contributed by atoms with Crippen LogP contribution in [0.15, 0.2) is 53.0 Å². The van der Waals surface area contributed by atoms with E-state index in [0.29, 0.717) is 11.7 Å². The van der Waals surface area contributed by atoms with E-state index in [1.165, 1.54) is 11.1 Å². The molecule has 0 fully saturated rings. The van der Waals surface area contributed by atoms with Crippen molar-refractivity contribution in [3.63, 3.8) is 0 Å². The molecule has 22 heavy (non-hydrogen) atoms. The topological polar surface area (TPSA) is 29.1 Å². The lowest BCUT2D eigenvalue weighted by Gasteiger charge is -2.13. The summed E-state index contributed by atoms with van der Waals surface area (Å²) in [5.74, 6) is 1.71. The monoisotopic (exact) mass is 377 g/mol. The summed E-state index contributed by atoms with van der Waals surface area (Å²) in [6.45, 7) is 4.26. The second-order valence-electron chi connectivity index (χ2n) is 5.37. The second-order valence-corrected chi connectivity index (χ2v) is 7.21. The van der Waals surface area contributed by atoms with Gasteiger partial charge in [-0.15, -0.1) is 11.8 Å². The highest BCUT2D eigenvalue weighted by molar-refractivity contribution is 9.10. The SMILES string of the molecule is CC(C)c1ccccc1NC(=O)CSCc1ccccc1Br. The fourth-order valence-corrected chi connectivity index (χ4v) is 3.61. The first kappa shape index (κ1) is 17.1. The number of carbonyl (C=O) groups is 1. The molecule has 0 aromatic heterocycles. The normalized spacial score (nSPS) is 10.7. The van der Waals surface area contributed by atoms with Crippen LogP contribution in [0.25, 0.3) is 0 Å². The molecule has 4 heteroatoms. The Hall–Kier alpha value is -1.26. The van der Waals surface area contributed by atoms with Crippen molar-refractivity contribution in [1.29, 1.82) is 0 Å². The summed E-state index contributed by atoms with van der Waals surface area (Å²) in [5, 5.41) is 3.02. The molecule has 0 radical (unpaired) electrons. The highest BCUT2D eigenvalue weighted by atomic mass is 79.9. The average Bonchev–Trinajstić information content (AvgIpc) is 2.49. The van der Waals surface area contributed by atoms with Gasteiger partial charge in [-0.05, 0) is 29.2 Å². The molecular weight excluding hydrogens is 358 g/mol. The highest BCUT2D eigenvalue weighted by Gasteiger charge is 2.09. The van der Waals surface area contributed by atoms with Crippen LogP contribution in [0.2, 0.25) is 0 Å². The molecule has 0 saturated heterocycles. The number of benzene rings is 2. The molecular formula is C18H20BrNOS. The Morgan fingerprint density at radius 2 is 1.82 bits per heavy atom. The molecule has 116 valence electrons. The van der Waals surface area contributed by atoms with Gasteiger partial charge >= 0.3 is 0 Å². The average molecular weight is 378 g/mol. The minimum Gasteiger partial charge on any atom is -0.325 e. The van der Waals surface area contributed by atoms with E-state index in [-0.39, 0.29) is 5.91 Å². The summed E-state index contributed by atoms with van der Waals surface area (Å²) in [6.07, 6.45) is 0. The third kappa shape index (κ3) is 4.89. The van der Waals surface area contributed by atoms with Gasteiger partial charge < -0.3 is 5.32 Å². The number of carbonyl (C=O) groups excluding carboxylic acids is 1. The number of anilines is 1. The molecule has 0 saturated carbocycles. The van der Waals surface area contributed by atoms with E-state index in [2.05, 4.69) is 47.2 Å². The Bertz CT molecular complexity index is 642. The molecule has 1 N–H and O–H groups in total. The van der Waals surface area contributed by atoms with Crippen molar-refractivity contribution in [2.75, 3.05) is 11.1 Å². The predicted molar refractivity (Wildman–Crippen MR) is 99.5 cm³/mol. The number of amides is 1. The van der Waals surface area contributed by atoms with Crippen LogP contribution in [0.3, 0.4) is 0 Å². The maximum absolute atomic E-state index is 12.1. The van der Waals surface area contributed by atoms with Crippen LogP contribution in [0, 0.1) is 0 Å². The maximum Gasteiger partial charge on any atom is 0.234 e. The smallest absolute Gasteiger partial charge is 0.234 e. The van der Waals surface area contributed by atoms with E-state index < -0.39 is 0 Å². The van der Waals surface area contributed by atoms with Crippen molar-refractivity contribution >= 4 is 39.3 Å². The second kappa shape index (κ2) is 8.39. The molecule has 0 atom stereocenters. The number of halogens is 1. The van der Waals surface area contributed by atoms with Gasteiger partial charge in [-0.2, -0.15) is 0 Å². The first-order valence-electron chi connectivity index (χ1n) is 7.28. The van der Waals surface area contributed by atoms with Crippen LogP contribution in [0.5, 0.6) is 0 Å². The molecule has 0 aliphatic carbocycles. The Kier molecular flexibility index (Phi) is 6.52. The fourth-order valence-electron chi connectivity index (χ4n) is 2.17. The summed E-state index contributed by atoms with van der Waals surface area (Å²) in [5.41, 5.74) is 3.30. The van der Waals surface area contributed by atoms with Gasteiger partial charge in [0.15, 0.2) is 0 Å². The quantitative estimate of drug-likeness (QED) is 0.725. The van der Waals surface area contributed by atoms with Gasteiger partial charge in [-0.1, -0.05) is 66.2 Å². The zero-order chi connectivity index (χ0) is 15.9. The van der Waals surface area contributed by atoms with Crippen LogP contribution in [-0.4, -0.2) is 11.7 Å². The molecule has 2 rings (SSSR count). The molecule has 1 amide bonds. The van der Waals surface area contributed by atoms with Crippen LogP contribution in [0.1, 0.15) is 30.9 Å². The van der Waals surface area contributed by atoms with Crippen LogP contribution in [-0.2, 0) is 10.5 Å². The van der Waals surface area contributed by atoms with Crippen molar-refractivity contribution in [2.45, 2.75) is 25.5 Å². The van der Waals surface area contributed by atoms with Gasteiger partial charge in [0.2, 0.25) is 5.91 Å². The van der Waals surface area contributed by atoms with Crippen molar-refractivity contribution in [3.05, 3.63) is 64.1 Å². The molecule has 0 spiro atoms. The lowest BCUT2D eigenvalue weighted by atomic mass is 10.0. The summed E-state index contributed by atoms with van der Waals surface area (Å²) in [6, 6.07) is 16.1. The number of nitrogens with one attached hydrogen (secondary N) is 1. The standard InChI is InChI=1S/C18H20BrNOS/c1-13(2)15-8-4-6-10-17(15)20-18(21)12-22-11-14-7-3-5-9-16(14)19/h3-10,13H,11-12H2,1-2H3,(H,20,21). The molecule has 0 aliphatic rings. The molecule has 0 unspecified atom stereocenters. The van der Waals surface area contributed by atoms with Crippen molar-refractivity contribution in [2.24, 2.45) is 0 Å². The lowest BCUT2D eigenvalue weighted by Crippen LogP contribution is -2.15. The molecule has 2 aromatic rings. The van der Waals surface area contributed by atoms with E-state index in [4.69, 9.17) is 0 Å². The van der Waals surface area contributed by atoms with Crippen LogP contribution in [0.4, 0.5) is 5.69 Å². The number of hydrogen-bond donors (Lipinski definition) is 1. The predicted octanol–water partition coefficient (Wildman–Crippen LogP) is 5.44. The molecule has 2 aromatic carbocycles. The maximum atomic E-state index is 12.1. The summed E-state index contributed by atoms with van der Waals surface area (Å²) in [7, 11) is 0. The Labute approximate surface area is 144 Å². The van der Waals surface area contributed by atoms with E-state index >= 15 is 0 Å². The van der Waals surface area contributed by atoms with E-state index in [1.807, 2.05) is 36.4 Å². The van der Waals surface area contributed by atoms with Crippen LogP contribution >= 0.6 is 27.7 Å². The fraction of sp³-hybridized carbons (Fsp3) is 0.278. The van der Waals surface area contributed by atoms with E-state index in [9.17, 15) is 4.79 Å². The zero-order valence-corrected chi connectivity index (χ0v) is 15.2. The summed E-state index contributed by atoms with van der Waals surface area (Å²) < 4.78 is 1.09.